The molecule has 2 heterocycles. The van der Waals surface area contributed by atoms with Crippen LogP contribution in [0.4, 0.5) is 11.4 Å². The molecule has 146 valence electrons. The van der Waals surface area contributed by atoms with E-state index in [2.05, 4.69) is 0 Å². The van der Waals surface area contributed by atoms with Gasteiger partial charge in [0.25, 0.3) is 5.69 Å². The van der Waals surface area contributed by atoms with Gasteiger partial charge in [-0.25, -0.2) is 8.42 Å². The SMILES string of the molecule is Cc1ccc(N2C(SCc3ccc([N+](=O)[O-])cc3)=N[C@@H]3CS(=O)(=O)C[C@H]32)cc1. The lowest BCUT2D eigenvalue weighted by Crippen LogP contribution is -2.39. The normalized spacial score (nSPS) is 22.8. The van der Waals surface area contributed by atoms with Crippen molar-refractivity contribution in [1.82, 2.24) is 0 Å². The number of nitro groups is 1. The third-order valence-electron chi connectivity index (χ3n) is 4.93. The van der Waals surface area contributed by atoms with Crippen molar-refractivity contribution in [1.29, 1.82) is 0 Å². The van der Waals surface area contributed by atoms with Crippen molar-refractivity contribution in [3.8, 4) is 0 Å². The van der Waals surface area contributed by atoms with Gasteiger partial charge in [-0.15, -0.1) is 0 Å². The monoisotopic (exact) mass is 417 g/mol. The number of fused-ring (bicyclic) bond motifs is 1. The van der Waals surface area contributed by atoms with Gasteiger partial charge in [0, 0.05) is 23.6 Å². The fourth-order valence-corrected chi connectivity index (χ4v) is 6.42. The van der Waals surface area contributed by atoms with Gasteiger partial charge in [0.1, 0.15) is 0 Å². The number of sulfone groups is 1. The number of non-ortho nitro benzene ring substituents is 1. The second-order valence-electron chi connectivity index (χ2n) is 7.04. The zero-order valence-corrected chi connectivity index (χ0v) is 16.8. The first-order valence-electron chi connectivity index (χ1n) is 8.83. The lowest BCUT2D eigenvalue weighted by atomic mass is 10.1. The zero-order valence-electron chi connectivity index (χ0n) is 15.2. The van der Waals surface area contributed by atoms with Gasteiger partial charge < -0.3 is 4.90 Å². The maximum absolute atomic E-state index is 12.1. The summed E-state index contributed by atoms with van der Waals surface area (Å²) in [7, 11) is -3.08. The average Bonchev–Trinajstić information content (AvgIpc) is 3.12. The Hall–Kier alpha value is -2.39. The number of hydrogen-bond acceptors (Lipinski definition) is 7. The van der Waals surface area contributed by atoms with Crippen molar-refractivity contribution in [3.63, 3.8) is 0 Å². The predicted molar refractivity (Wildman–Crippen MR) is 112 cm³/mol. The van der Waals surface area contributed by atoms with E-state index in [1.807, 2.05) is 36.1 Å². The van der Waals surface area contributed by atoms with Crippen LogP contribution < -0.4 is 4.90 Å². The molecule has 4 rings (SSSR count). The van der Waals surface area contributed by atoms with E-state index in [0.29, 0.717) is 5.75 Å². The van der Waals surface area contributed by atoms with Gasteiger partial charge in [-0.2, -0.15) is 0 Å². The van der Waals surface area contributed by atoms with Crippen LogP contribution in [0.15, 0.2) is 53.5 Å². The lowest BCUT2D eigenvalue weighted by molar-refractivity contribution is -0.384. The van der Waals surface area contributed by atoms with E-state index in [9.17, 15) is 18.5 Å². The third kappa shape index (κ3) is 3.77. The highest BCUT2D eigenvalue weighted by Crippen LogP contribution is 2.36. The van der Waals surface area contributed by atoms with Crippen LogP contribution in [0.3, 0.4) is 0 Å². The minimum Gasteiger partial charge on any atom is -0.315 e. The number of rotatable bonds is 4. The molecule has 0 amide bonds. The molecule has 1 fully saturated rings. The summed E-state index contributed by atoms with van der Waals surface area (Å²) in [6.45, 7) is 2.01. The number of anilines is 1. The van der Waals surface area contributed by atoms with E-state index >= 15 is 0 Å². The van der Waals surface area contributed by atoms with E-state index in [-0.39, 0.29) is 29.3 Å². The Morgan fingerprint density at radius 3 is 2.46 bits per heavy atom. The number of amidine groups is 1. The minimum absolute atomic E-state index is 0.0629. The number of nitrogens with zero attached hydrogens (tertiary/aromatic N) is 3. The molecular formula is C19H19N3O4S2. The summed E-state index contributed by atoms with van der Waals surface area (Å²) in [5, 5.41) is 11.6. The molecule has 0 saturated carbocycles. The van der Waals surface area contributed by atoms with Gasteiger partial charge >= 0.3 is 0 Å². The molecule has 0 radical (unpaired) electrons. The second kappa shape index (κ2) is 7.21. The van der Waals surface area contributed by atoms with Gasteiger partial charge in [-0.3, -0.25) is 15.1 Å². The summed E-state index contributed by atoms with van der Waals surface area (Å²) in [5.41, 5.74) is 3.08. The Kier molecular flexibility index (Phi) is 4.88. The first kappa shape index (κ1) is 18.9. The van der Waals surface area contributed by atoms with Crippen molar-refractivity contribution in [2.45, 2.75) is 24.8 Å². The topological polar surface area (TPSA) is 92.9 Å². The maximum Gasteiger partial charge on any atom is 0.269 e. The van der Waals surface area contributed by atoms with Crippen LogP contribution in [-0.2, 0) is 15.6 Å². The first-order chi connectivity index (χ1) is 13.3. The third-order valence-corrected chi connectivity index (χ3v) is 7.67. The average molecular weight is 418 g/mol. The van der Waals surface area contributed by atoms with Crippen molar-refractivity contribution in [3.05, 3.63) is 69.8 Å². The summed E-state index contributed by atoms with van der Waals surface area (Å²) < 4.78 is 24.2. The number of hydrogen-bond donors (Lipinski definition) is 0. The first-order valence-corrected chi connectivity index (χ1v) is 11.6. The Morgan fingerprint density at radius 1 is 1.14 bits per heavy atom. The van der Waals surface area contributed by atoms with Crippen molar-refractivity contribution >= 4 is 38.1 Å². The molecule has 2 aromatic carbocycles. The summed E-state index contributed by atoms with van der Waals surface area (Å²) >= 11 is 1.53. The zero-order chi connectivity index (χ0) is 19.9. The largest absolute Gasteiger partial charge is 0.315 e. The molecule has 2 aliphatic rings. The standard InChI is InChI=1S/C19H19N3O4S2/c1-13-2-6-15(7-3-13)21-18-12-28(25,26)11-17(18)20-19(21)27-10-14-4-8-16(9-5-14)22(23)24/h2-9,17-18H,10-12H2,1H3/t17-,18-/m1/s1. The van der Waals surface area contributed by atoms with Crippen LogP contribution in [0.2, 0.25) is 0 Å². The molecule has 0 aliphatic carbocycles. The van der Waals surface area contributed by atoms with Crippen molar-refractivity contribution in [2.24, 2.45) is 4.99 Å². The molecular weight excluding hydrogens is 398 g/mol. The van der Waals surface area contributed by atoms with Gasteiger partial charge in [-0.1, -0.05) is 41.6 Å². The van der Waals surface area contributed by atoms with E-state index in [4.69, 9.17) is 4.99 Å². The number of thioether (sulfide) groups is 1. The maximum atomic E-state index is 12.1. The van der Waals surface area contributed by atoms with E-state index in [0.717, 1.165) is 22.0 Å². The molecule has 28 heavy (non-hydrogen) atoms. The van der Waals surface area contributed by atoms with Gasteiger partial charge in [0.05, 0.1) is 28.5 Å². The van der Waals surface area contributed by atoms with Crippen LogP contribution in [0.25, 0.3) is 0 Å². The highest BCUT2D eigenvalue weighted by Gasteiger charge is 2.47. The van der Waals surface area contributed by atoms with Gasteiger partial charge in [-0.05, 0) is 24.6 Å². The predicted octanol–water partition coefficient (Wildman–Crippen LogP) is 3.18. The van der Waals surface area contributed by atoms with Crippen LogP contribution in [0, 0.1) is 17.0 Å². The van der Waals surface area contributed by atoms with E-state index < -0.39 is 14.8 Å². The minimum atomic E-state index is -3.08. The number of benzene rings is 2. The molecule has 0 N–H and O–H groups in total. The Morgan fingerprint density at radius 2 is 1.82 bits per heavy atom. The smallest absolute Gasteiger partial charge is 0.269 e. The van der Waals surface area contributed by atoms with Crippen molar-refractivity contribution in [2.75, 3.05) is 16.4 Å². The van der Waals surface area contributed by atoms with Crippen molar-refractivity contribution < 1.29 is 13.3 Å². The molecule has 0 bridgehead atoms. The fourth-order valence-electron chi connectivity index (χ4n) is 3.50. The quantitative estimate of drug-likeness (QED) is 0.560. The van der Waals surface area contributed by atoms with Gasteiger partial charge in [0.15, 0.2) is 15.0 Å². The van der Waals surface area contributed by atoms with Crippen LogP contribution >= 0.6 is 11.8 Å². The Labute approximate surface area is 167 Å². The molecule has 9 heteroatoms. The molecule has 0 spiro atoms. The number of aliphatic imine (C=N–C) groups is 1. The number of nitro benzene ring substituents is 1. The summed E-state index contributed by atoms with van der Waals surface area (Å²) in [5.74, 6) is 0.795. The highest BCUT2D eigenvalue weighted by atomic mass is 32.2. The summed E-state index contributed by atoms with van der Waals surface area (Å²) in [4.78, 5) is 17.1. The Bertz CT molecular complexity index is 1030. The summed E-state index contributed by atoms with van der Waals surface area (Å²) in [6, 6.07) is 14.0. The van der Waals surface area contributed by atoms with E-state index in [1.165, 1.54) is 23.9 Å². The molecule has 7 nitrogen and oxygen atoms in total. The van der Waals surface area contributed by atoms with Gasteiger partial charge in [0.2, 0.25) is 0 Å². The fraction of sp³-hybridized carbons (Fsp3) is 0.316. The second-order valence-corrected chi connectivity index (χ2v) is 10.1. The molecule has 2 aromatic rings. The van der Waals surface area contributed by atoms with Crippen LogP contribution in [0.1, 0.15) is 11.1 Å². The molecule has 1 saturated heterocycles. The molecule has 2 atom stereocenters. The Balaban J connectivity index is 1.57. The molecule has 0 aromatic heterocycles. The lowest BCUT2D eigenvalue weighted by Gasteiger charge is -2.26. The molecule has 2 aliphatic heterocycles. The number of aryl methyl sites for hydroxylation is 1. The highest BCUT2D eigenvalue weighted by molar-refractivity contribution is 8.13. The van der Waals surface area contributed by atoms with E-state index in [1.54, 1.807) is 12.1 Å². The van der Waals surface area contributed by atoms with Crippen LogP contribution in [0.5, 0.6) is 0 Å². The van der Waals surface area contributed by atoms with Crippen LogP contribution in [-0.4, -0.2) is 42.1 Å². The summed E-state index contributed by atoms with van der Waals surface area (Å²) in [6.07, 6.45) is 0. The molecule has 0 unspecified atom stereocenters.